The van der Waals surface area contributed by atoms with Gasteiger partial charge in [0.25, 0.3) is 0 Å². The minimum atomic E-state index is -0.962. The van der Waals surface area contributed by atoms with Crippen molar-refractivity contribution in [1.82, 2.24) is 9.38 Å². The van der Waals surface area contributed by atoms with Gasteiger partial charge in [0, 0.05) is 25.4 Å². The van der Waals surface area contributed by atoms with Gasteiger partial charge in [0.05, 0.1) is 5.69 Å². The predicted molar refractivity (Wildman–Crippen MR) is 84.6 cm³/mol. The van der Waals surface area contributed by atoms with Crippen molar-refractivity contribution in [2.24, 2.45) is 0 Å². The Bertz CT molecular complexity index is 661. The van der Waals surface area contributed by atoms with E-state index in [1.807, 2.05) is 35.8 Å². The van der Waals surface area contributed by atoms with Crippen LogP contribution in [-0.4, -0.2) is 33.6 Å². The highest BCUT2D eigenvalue weighted by molar-refractivity contribution is 5.86. The van der Waals surface area contributed by atoms with Crippen LogP contribution < -0.4 is 4.90 Å². The van der Waals surface area contributed by atoms with E-state index in [9.17, 15) is 4.79 Å². The summed E-state index contributed by atoms with van der Waals surface area (Å²) in [5.41, 5.74) is 1.60. The number of rotatable bonds is 6. The molecule has 21 heavy (non-hydrogen) atoms. The lowest BCUT2D eigenvalue weighted by Gasteiger charge is -2.25. The van der Waals surface area contributed by atoms with Gasteiger partial charge in [-0.3, -0.25) is 4.40 Å². The molecule has 0 saturated carbocycles. The molecule has 0 bridgehead atoms. The number of pyridine rings is 1. The zero-order chi connectivity index (χ0) is 15.4. The monoisotopic (exact) mass is 287 g/mol. The Morgan fingerprint density at radius 1 is 1.52 bits per heavy atom. The zero-order valence-corrected chi connectivity index (χ0v) is 12.7. The number of carboxylic acid groups (broad SMARTS) is 1. The van der Waals surface area contributed by atoms with Crippen molar-refractivity contribution < 1.29 is 9.90 Å². The lowest BCUT2D eigenvalue weighted by atomic mass is 10.1. The molecule has 0 radical (unpaired) electrons. The number of carboxylic acids is 1. The van der Waals surface area contributed by atoms with Crippen LogP contribution in [0.4, 0.5) is 5.82 Å². The second kappa shape index (κ2) is 6.43. The van der Waals surface area contributed by atoms with Gasteiger partial charge >= 0.3 is 5.97 Å². The fourth-order valence-electron chi connectivity index (χ4n) is 2.39. The van der Waals surface area contributed by atoms with Crippen LogP contribution in [-0.2, 0) is 4.79 Å². The molecule has 2 heterocycles. The first-order chi connectivity index (χ1) is 10.0. The molecule has 2 aromatic rings. The molecule has 1 atom stereocenters. The fourth-order valence-corrected chi connectivity index (χ4v) is 2.39. The topological polar surface area (TPSA) is 57.8 Å². The largest absolute Gasteiger partial charge is 0.478 e. The number of imidazole rings is 1. The number of hydrogen-bond donors (Lipinski definition) is 1. The lowest BCUT2D eigenvalue weighted by Crippen LogP contribution is -2.29. The maximum Gasteiger partial charge on any atom is 0.328 e. The van der Waals surface area contributed by atoms with Crippen molar-refractivity contribution in [3.05, 3.63) is 36.2 Å². The second-order valence-electron chi connectivity index (χ2n) is 5.17. The van der Waals surface area contributed by atoms with E-state index in [4.69, 9.17) is 5.11 Å². The maximum absolute atomic E-state index is 10.8. The Hall–Kier alpha value is -2.30. The molecule has 1 unspecified atom stereocenters. The van der Waals surface area contributed by atoms with Crippen molar-refractivity contribution in [1.29, 1.82) is 0 Å². The highest BCUT2D eigenvalue weighted by Gasteiger charge is 2.17. The molecular weight excluding hydrogens is 266 g/mol. The number of aromatic nitrogens is 2. The van der Waals surface area contributed by atoms with Crippen LogP contribution in [0.2, 0.25) is 0 Å². The van der Waals surface area contributed by atoms with Crippen LogP contribution in [0.15, 0.2) is 30.5 Å². The third-order valence-electron chi connectivity index (χ3n) is 3.63. The molecule has 1 N–H and O–H groups in total. The molecule has 0 fully saturated rings. The molecular formula is C16H21N3O2. The van der Waals surface area contributed by atoms with Gasteiger partial charge in [-0.1, -0.05) is 19.4 Å². The van der Waals surface area contributed by atoms with Crippen molar-refractivity contribution in [2.75, 3.05) is 11.9 Å². The van der Waals surface area contributed by atoms with Gasteiger partial charge in [-0.05, 0) is 31.6 Å². The average Bonchev–Trinajstić information content (AvgIpc) is 2.83. The fraction of sp³-hybridized carbons (Fsp3) is 0.375. The van der Waals surface area contributed by atoms with Crippen molar-refractivity contribution in [3.63, 3.8) is 0 Å². The summed E-state index contributed by atoms with van der Waals surface area (Å²) in [7, 11) is 2.00. The molecule has 0 spiro atoms. The summed E-state index contributed by atoms with van der Waals surface area (Å²) in [6, 6.07) is 6.09. The molecule has 0 aliphatic rings. The summed E-state index contributed by atoms with van der Waals surface area (Å²) in [5, 5.41) is 8.88. The van der Waals surface area contributed by atoms with Crippen molar-refractivity contribution >= 4 is 23.5 Å². The van der Waals surface area contributed by atoms with Gasteiger partial charge < -0.3 is 10.0 Å². The number of carbonyl (C=O) groups is 1. The predicted octanol–water partition coefficient (Wildman–Crippen LogP) is 3.06. The van der Waals surface area contributed by atoms with E-state index in [0.29, 0.717) is 6.04 Å². The number of fused-ring (bicyclic) bond motifs is 1. The normalized spacial score (nSPS) is 12.9. The Morgan fingerprint density at radius 2 is 2.29 bits per heavy atom. The summed E-state index contributed by atoms with van der Waals surface area (Å²) in [6.07, 6.45) is 6.81. The second-order valence-corrected chi connectivity index (χ2v) is 5.17. The molecule has 0 saturated heterocycles. The molecule has 0 aromatic carbocycles. The summed E-state index contributed by atoms with van der Waals surface area (Å²) >= 11 is 0. The molecule has 0 amide bonds. The van der Waals surface area contributed by atoms with Crippen molar-refractivity contribution in [2.45, 2.75) is 32.7 Å². The van der Waals surface area contributed by atoms with Crippen LogP contribution in [0.25, 0.3) is 11.7 Å². The van der Waals surface area contributed by atoms with E-state index < -0.39 is 5.97 Å². The van der Waals surface area contributed by atoms with Crippen LogP contribution in [0.5, 0.6) is 0 Å². The minimum absolute atomic E-state index is 0.344. The first-order valence-corrected chi connectivity index (χ1v) is 7.15. The van der Waals surface area contributed by atoms with Crippen LogP contribution >= 0.6 is 0 Å². The van der Waals surface area contributed by atoms with Gasteiger partial charge in [0.1, 0.15) is 5.65 Å². The Kier molecular flexibility index (Phi) is 4.62. The average molecular weight is 287 g/mol. The van der Waals surface area contributed by atoms with Gasteiger partial charge in [-0.15, -0.1) is 0 Å². The molecule has 112 valence electrons. The van der Waals surface area contributed by atoms with E-state index in [1.54, 1.807) is 6.08 Å². The Labute approximate surface area is 124 Å². The first kappa shape index (κ1) is 15.1. The van der Waals surface area contributed by atoms with E-state index in [0.717, 1.165) is 36.1 Å². The van der Waals surface area contributed by atoms with E-state index in [-0.39, 0.29) is 0 Å². The maximum atomic E-state index is 10.8. The van der Waals surface area contributed by atoms with Gasteiger partial charge in [0.2, 0.25) is 0 Å². The summed E-state index contributed by atoms with van der Waals surface area (Å²) < 4.78 is 1.91. The summed E-state index contributed by atoms with van der Waals surface area (Å²) in [5.74, 6) is -0.157. The van der Waals surface area contributed by atoms with E-state index >= 15 is 0 Å². The molecule has 0 aliphatic heterocycles. The highest BCUT2D eigenvalue weighted by atomic mass is 16.4. The molecule has 5 heteroatoms. The van der Waals surface area contributed by atoms with Gasteiger partial charge in [0.15, 0.2) is 5.82 Å². The minimum Gasteiger partial charge on any atom is -0.478 e. The van der Waals surface area contributed by atoms with Gasteiger partial charge in [-0.25, -0.2) is 9.78 Å². The highest BCUT2D eigenvalue weighted by Crippen LogP contribution is 2.24. The van der Waals surface area contributed by atoms with E-state index in [1.165, 1.54) is 0 Å². The summed E-state index contributed by atoms with van der Waals surface area (Å²) in [4.78, 5) is 17.6. The molecule has 0 aliphatic carbocycles. The van der Waals surface area contributed by atoms with Crippen molar-refractivity contribution in [3.8, 4) is 0 Å². The molecule has 2 aromatic heterocycles. The molecule has 2 rings (SSSR count). The number of hydrogen-bond acceptors (Lipinski definition) is 3. The first-order valence-electron chi connectivity index (χ1n) is 7.15. The van der Waals surface area contributed by atoms with E-state index in [2.05, 4.69) is 23.7 Å². The van der Waals surface area contributed by atoms with Crippen LogP contribution in [0, 0.1) is 0 Å². The SMILES string of the molecule is CCCC(C)N(C)c1nc2ccccn2c1/C=C/C(=O)O. The van der Waals surface area contributed by atoms with Gasteiger partial charge in [-0.2, -0.15) is 0 Å². The third-order valence-corrected chi connectivity index (χ3v) is 3.63. The summed E-state index contributed by atoms with van der Waals surface area (Å²) in [6.45, 7) is 4.30. The standard InChI is InChI=1S/C16H21N3O2/c1-4-7-12(2)18(3)16-13(9-10-15(20)21)19-11-6-5-8-14(19)17-16/h5-6,8-12H,4,7H2,1-3H3,(H,20,21)/b10-9+. The number of nitrogens with zero attached hydrogens (tertiary/aromatic N) is 3. The lowest BCUT2D eigenvalue weighted by molar-refractivity contribution is -0.131. The third kappa shape index (κ3) is 3.24. The Balaban J connectivity index is 2.51. The number of aliphatic carboxylic acids is 1. The number of anilines is 1. The van der Waals surface area contributed by atoms with Crippen LogP contribution in [0.3, 0.4) is 0 Å². The smallest absolute Gasteiger partial charge is 0.328 e. The molecule has 5 nitrogen and oxygen atoms in total. The zero-order valence-electron chi connectivity index (χ0n) is 12.7. The quantitative estimate of drug-likeness (QED) is 0.830. The Morgan fingerprint density at radius 3 is 2.95 bits per heavy atom. The van der Waals surface area contributed by atoms with Crippen LogP contribution in [0.1, 0.15) is 32.4 Å².